The van der Waals surface area contributed by atoms with Crippen LogP contribution in [-0.4, -0.2) is 68.8 Å². The predicted octanol–water partition coefficient (Wildman–Crippen LogP) is 2.12. The van der Waals surface area contributed by atoms with Crippen LogP contribution in [0.15, 0.2) is 42.5 Å². The van der Waals surface area contributed by atoms with Gasteiger partial charge in [-0.05, 0) is 6.07 Å². The van der Waals surface area contributed by atoms with Crippen molar-refractivity contribution in [1.29, 1.82) is 0 Å². The van der Waals surface area contributed by atoms with Gasteiger partial charge in [0.2, 0.25) is 5.91 Å². The third-order valence-corrected chi connectivity index (χ3v) is 5.43. The number of hydroxylamine groups is 2. The molecule has 2 atom stereocenters. The molecule has 0 bridgehead atoms. The summed E-state index contributed by atoms with van der Waals surface area (Å²) in [4.78, 5) is 44.7. The highest BCUT2D eigenvalue weighted by Gasteiger charge is 2.45. The number of amides is 2. The molecule has 2 aromatic rings. The van der Waals surface area contributed by atoms with Crippen molar-refractivity contribution in [3.8, 4) is 17.2 Å². The second-order valence-electron chi connectivity index (χ2n) is 7.50. The van der Waals surface area contributed by atoms with Crippen LogP contribution in [0.3, 0.4) is 0 Å². The highest BCUT2D eigenvalue weighted by molar-refractivity contribution is 5.95. The lowest BCUT2D eigenvalue weighted by atomic mass is 9.98. The second kappa shape index (κ2) is 10.9. The Hall–Kier alpha value is -3.79. The molecule has 2 amide bonds. The first-order valence-electron chi connectivity index (χ1n) is 10.5. The van der Waals surface area contributed by atoms with Gasteiger partial charge in [0.15, 0.2) is 17.7 Å². The van der Waals surface area contributed by atoms with Crippen LogP contribution in [0.4, 0.5) is 0 Å². The van der Waals surface area contributed by atoms with E-state index >= 15 is 0 Å². The quantitative estimate of drug-likeness (QED) is 0.547. The van der Waals surface area contributed by atoms with Crippen molar-refractivity contribution in [3.63, 3.8) is 0 Å². The second-order valence-corrected chi connectivity index (χ2v) is 7.50. The number of piperazine rings is 1. The van der Waals surface area contributed by atoms with Gasteiger partial charge in [0.05, 0.1) is 21.3 Å². The first-order chi connectivity index (χ1) is 16.3. The normalized spacial score (nSPS) is 16.8. The zero-order valence-electron chi connectivity index (χ0n) is 19.8. The highest BCUT2D eigenvalue weighted by Crippen LogP contribution is 2.37. The fourth-order valence-corrected chi connectivity index (χ4v) is 3.94. The van der Waals surface area contributed by atoms with Gasteiger partial charge >= 0.3 is 5.97 Å². The molecular formula is C24H28N2O8. The molecule has 1 fully saturated rings. The molecule has 0 radical (unpaired) electrons. The SMILES string of the molecule is COc1cc(OC)c(OC)cc1CC1C(=O)N(OC(C)=O)CC(=O)N1C(OC)c1ccccc1. The Bertz CT molecular complexity index is 1040. The number of carbonyl (C=O) groups is 3. The van der Waals surface area contributed by atoms with E-state index in [9.17, 15) is 14.4 Å². The number of hydrogen-bond donors (Lipinski definition) is 0. The molecule has 34 heavy (non-hydrogen) atoms. The molecule has 1 saturated heterocycles. The van der Waals surface area contributed by atoms with E-state index < -0.39 is 36.6 Å². The summed E-state index contributed by atoms with van der Waals surface area (Å²) in [6, 6.07) is 11.3. The number of carbonyl (C=O) groups excluding carboxylic acids is 3. The number of rotatable bonds is 9. The van der Waals surface area contributed by atoms with E-state index in [-0.39, 0.29) is 6.42 Å². The molecule has 2 aromatic carbocycles. The van der Waals surface area contributed by atoms with Crippen LogP contribution in [0.25, 0.3) is 0 Å². The maximum absolute atomic E-state index is 13.5. The summed E-state index contributed by atoms with van der Waals surface area (Å²) in [6.45, 7) is 0.739. The topological polar surface area (TPSA) is 104 Å². The Morgan fingerprint density at radius 3 is 2.15 bits per heavy atom. The maximum Gasteiger partial charge on any atom is 0.329 e. The van der Waals surface area contributed by atoms with Crippen LogP contribution < -0.4 is 14.2 Å². The maximum atomic E-state index is 13.5. The third-order valence-electron chi connectivity index (χ3n) is 5.43. The van der Waals surface area contributed by atoms with Crippen LogP contribution in [0.5, 0.6) is 17.2 Å². The molecule has 182 valence electrons. The summed E-state index contributed by atoms with van der Waals surface area (Å²) in [5.74, 6) is -0.389. The molecule has 2 unspecified atom stereocenters. The average Bonchev–Trinajstić information content (AvgIpc) is 2.84. The molecule has 10 nitrogen and oxygen atoms in total. The van der Waals surface area contributed by atoms with E-state index in [2.05, 4.69) is 0 Å². The number of methoxy groups -OCH3 is 4. The zero-order valence-corrected chi connectivity index (χ0v) is 19.8. The Morgan fingerprint density at radius 2 is 1.59 bits per heavy atom. The number of nitrogens with zero attached hydrogens (tertiary/aromatic N) is 2. The van der Waals surface area contributed by atoms with Gasteiger partial charge in [0.25, 0.3) is 5.91 Å². The number of benzene rings is 2. The van der Waals surface area contributed by atoms with E-state index in [1.54, 1.807) is 24.3 Å². The van der Waals surface area contributed by atoms with Gasteiger partial charge in [-0.3, -0.25) is 19.3 Å². The first kappa shape index (κ1) is 24.8. The van der Waals surface area contributed by atoms with Crippen LogP contribution in [0, 0.1) is 0 Å². The summed E-state index contributed by atoms with van der Waals surface area (Å²) >= 11 is 0. The summed E-state index contributed by atoms with van der Waals surface area (Å²) in [7, 11) is 5.95. The Kier molecular flexibility index (Phi) is 7.95. The van der Waals surface area contributed by atoms with Crippen molar-refractivity contribution in [2.75, 3.05) is 35.0 Å². The lowest BCUT2D eigenvalue weighted by Crippen LogP contribution is -2.61. The van der Waals surface area contributed by atoms with Gasteiger partial charge in [0, 0.05) is 37.6 Å². The van der Waals surface area contributed by atoms with Gasteiger partial charge in [-0.15, -0.1) is 0 Å². The molecular weight excluding hydrogens is 444 g/mol. The van der Waals surface area contributed by atoms with Crippen molar-refractivity contribution in [1.82, 2.24) is 9.96 Å². The van der Waals surface area contributed by atoms with Crippen molar-refractivity contribution in [2.45, 2.75) is 25.6 Å². The smallest absolute Gasteiger partial charge is 0.329 e. The summed E-state index contributed by atoms with van der Waals surface area (Å²) in [5.41, 5.74) is 1.28. The summed E-state index contributed by atoms with van der Waals surface area (Å²) < 4.78 is 21.9. The Balaban J connectivity index is 2.08. The van der Waals surface area contributed by atoms with E-state index in [0.29, 0.717) is 28.4 Å². The highest BCUT2D eigenvalue weighted by atomic mass is 16.7. The number of hydrogen-bond acceptors (Lipinski definition) is 8. The minimum Gasteiger partial charge on any atom is -0.496 e. The molecule has 3 rings (SSSR count). The summed E-state index contributed by atoms with van der Waals surface area (Å²) in [5, 5.41) is 0.788. The molecule has 0 saturated carbocycles. The Morgan fingerprint density at radius 1 is 0.971 bits per heavy atom. The minimum absolute atomic E-state index is 0.0402. The van der Waals surface area contributed by atoms with E-state index in [1.165, 1.54) is 40.3 Å². The fourth-order valence-electron chi connectivity index (χ4n) is 3.94. The molecule has 1 heterocycles. The molecule has 0 aliphatic carbocycles. The van der Waals surface area contributed by atoms with Gasteiger partial charge in [-0.25, -0.2) is 0 Å². The standard InChI is InChI=1S/C24H28N2O8/c1-15(27)34-25-14-22(28)26(24(33-5)16-9-7-6-8-10-16)18(23(25)29)11-17-12-20(31-3)21(32-4)13-19(17)30-2/h6-10,12-13,18,24H,11,14H2,1-5H3. The fraction of sp³-hybridized carbons (Fsp3) is 0.375. The van der Waals surface area contributed by atoms with Gasteiger partial charge < -0.3 is 23.8 Å². The average molecular weight is 472 g/mol. The third kappa shape index (κ3) is 5.07. The van der Waals surface area contributed by atoms with Crippen LogP contribution >= 0.6 is 0 Å². The lowest BCUT2D eigenvalue weighted by molar-refractivity contribution is -0.214. The largest absolute Gasteiger partial charge is 0.496 e. The van der Waals surface area contributed by atoms with Gasteiger partial charge in [-0.1, -0.05) is 30.3 Å². The predicted molar refractivity (Wildman–Crippen MR) is 120 cm³/mol. The van der Waals surface area contributed by atoms with Gasteiger partial charge in [0.1, 0.15) is 18.3 Å². The minimum atomic E-state index is -1.06. The van der Waals surface area contributed by atoms with Crippen LogP contribution in [0.1, 0.15) is 24.3 Å². The Labute approximate surface area is 197 Å². The van der Waals surface area contributed by atoms with Crippen molar-refractivity contribution in [2.24, 2.45) is 0 Å². The molecule has 0 N–H and O–H groups in total. The van der Waals surface area contributed by atoms with Crippen molar-refractivity contribution >= 4 is 17.8 Å². The monoisotopic (exact) mass is 472 g/mol. The molecule has 1 aliphatic rings. The van der Waals surface area contributed by atoms with Crippen LogP contribution in [-0.2, 0) is 30.4 Å². The van der Waals surface area contributed by atoms with E-state index in [4.69, 9.17) is 23.8 Å². The molecule has 1 aliphatic heterocycles. The first-order valence-corrected chi connectivity index (χ1v) is 10.5. The van der Waals surface area contributed by atoms with Crippen molar-refractivity contribution in [3.05, 3.63) is 53.6 Å². The molecule has 10 heteroatoms. The zero-order chi connectivity index (χ0) is 24.8. The number of ether oxygens (including phenoxy) is 4. The van der Waals surface area contributed by atoms with Crippen molar-refractivity contribution < 1.29 is 38.2 Å². The molecule has 0 aromatic heterocycles. The molecule has 0 spiro atoms. The van der Waals surface area contributed by atoms with Gasteiger partial charge in [-0.2, -0.15) is 5.06 Å². The summed E-state index contributed by atoms with van der Waals surface area (Å²) in [6.07, 6.45) is -0.799. The lowest BCUT2D eigenvalue weighted by Gasteiger charge is -2.42. The van der Waals surface area contributed by atoms with E-state index in [1.807, 2.05) is 18.2 Å². The van der Waals surface area contributed by atoms with E-state index in [0.717, 1.165) is 5.06 Å². The van der Waals surface area contributed by atoms with Crippen LogP contribution in [0.2, 0.25) is 0 Å².